The van der Waals surface area contributed by atoms with Crippen molar-refractivity contribution >= 4 is 5.91 Å². The molecule has 6 heteroatoms. The van der Waals surface area contributed by atoms with E-state index in [9.17, 15) is 13.6 Å². The van der Waals surface area contributed by atoms with Crippen LogP contribution >= 0.6 is 0 Å². The summed E-state index contributed by atoms with van der Waals surface area (Å²) in [5.74, 6) is -2.04. The van der Waals surface area contributed by atoms with Crippen molar-refractivity contribution < 1.29 is 18.3 Å². The summed E-state index contributed by atoms with van der Waals surface area (Å²) in [6.07, 6.45) is 1.04. The monoisotopic (exact) mass is 286 g/mol. The van der Waals surface area contributed by atoms with Gasteiger partial charge in [0.1, 0.15) is 0 Å². The zero-order valence-corrected chi connectivity index (χ0v) is 11.7. The zero-order valence-electron chi connectivity index (χ0n) is 11.7. The van der Waals surface area contributed by atoms with E-state index in [1.807, 2.05) is 0 Å². The molecule has 1 amide bonds. The minimum absolute atomic E-state index is 0.0773. The van der Waals surface area contributed by atoms with Gasteiger partial charge in [-0.25, -0.2) is 8.78 Å². The fraction of sp³-hybridized carbons (Fsp3) is 0.500. The van der Waals surface area contributed by atoms with Gasteiger partial charge in [-0.1, -0.05) is 0 Å². The Hall–Kier alpha value is -1.69. The summed E-state index contributed by atoms with van der Waals surface area (Å²) in [6, 6.07) is 2.27. The summed E-state index contributed by atoms with van der Waals surface area (Å²) in [5, 5.41) is 2.46. The average molecular weight is 286 g/mol. The Morgan fingerprint density at radius 2 is 2.00 bits per heavy atom. The first-order valence-corrected chi connectivity index (χ1v) is 6.51. The molecule has 0 bridgehead atoms. The number of ether oxygens (including phenoxy) is 1. The lowest BCUT2D eigenvalue weighted by molar-refractivity contribution is -0.120. The molecule has 0 heterocycles. The first kappa shape index (κ1) is 16.4. The summed E-state index contributed by atoms with van der Waals surface area (Å²) < 4.78 is 32.5. The zero-order chi connectivity index (χ0) is 15.1. The van der Waals surface area contributed by atoms with Gasteiger partial charge in [-0.05, 0) is 37.5 Å². The number of benzene rings is 1. The van der Waals surface area contributed by atoms with Gasteiger partial charge in [0.15, 0.2) is 17.4 Å². The van der Waals surface area contributed by atoms with Crippen molar-refractivity contribution in [3.63, 3.8) is 0 Å². The lowest BCUT2D eigenvalue weighted by Gasteiger charge is -2.11. The van der Waals surface area contributed by atoms with Gasteiger partial charge in [0.05, 0.1) is 6.61 Å². The molecular formula is C14H20F2N2O2. The number of carbonyl (C=O) groups excluding carboxylic acids is 1. The van der Waals surface area contributed by atoms with E-state index in [-0.39, 0.29) is 25.0 Å². The molecule has 0 aliphatic heterocycles. The van der Waals surface area contributed by atoms with Crippen molar-refractivity contribution in [3.8, 4) is 5.75 Å². The van der Waals surface area contributed by atoms with E-state index >= 15 is 0 Å². The molecule has 0 fully saturated rings. The van der Waals surface area contributed by atoms with Crippen LogP contribution in [0.5, 0.6) is 5.75 Å². The lowest BCUT2D eigenvalue weighted by Crippen LogP contribution is -2.18. The summed E-state index contributed by atoms with van der Waals surface area (Å²) in [5.41, 5.74) is 6.08. The number of amides is 1. The lowest BCUT2D eigenvalue weighted by atomic mass is 10.1. The predicted molar refractivity (Wildman–Crippen MR) is 72.5 cm³/mol. The van der Waals surface area contributed by atoms with E-state index in [4.69, 9.17) is 10.5 Å². The summed E-state index contributed by atoms with van der Waals surface area (Å²) >= 11 is 0. The van der Waals surface area contributed by atoms with Gasteiger partial charge in [0.2, 0.25) is 5.91 Å². The topological polar surface area (TPSA) is 64.3 Å². The Morgan fingerprint density at radius 3 is 2.50 bits per heavy atom. The molecular weight excluding hydrogens is 266 g/mol. The number of nitrogens with one attached hydrogen (secondary N) is 1. The molecule has 0 aliphatic rings. The van der Waals surface area contributed by atoms with Crippen molar-refractivity contribution in [2.24, 2.45) is 5.73 Å². The van der Waals surface area contributed by atoms with E-state index < -0.39 is 17.4 Å². The maximum absolute atomic E-state index is 13.7. The van der Waals surface area contributed by atoms with Crippen LogP contribution in [0, 0.1) is 11.6 Å². The Labute approximate surface area is 117 Å². The number of rotatable bonds is 7. The number of nitrogens with two attached hydrogens (primary N) is 1. The molecule has 0 saturated carbocycles. The number of hydrogen-bond acceptors (Lipinski definition) is 3. The van der Waals surface area contributed by atoms with Crippen molar-refractivity contribution in [1.29, 1.82) is 0 Å². The number of halogens is 2. The van der Waals surface area contributed by atoms with Gasteiger partial charge in [-0.2, -0.15) is 0 Å². The van der Waals surface area contributed by atoms with E-state index in [1.54, 1.807) is 6.92 Å². The maximum Gasteiger partial charge on any atom is 0.219 e. The number of hydrogen-bond donors (Lipinski definition) is 2. The molecule has 1 rings (SSSR count). The third-order valence-electron chi connectivity index (χ3n) is 2.69. The van der Waals surface area contributed by atoms with Gasteiger partial charge >= 0.3 is 0 Å². The predicted octanol–water partition coefficient (Wildman–Crippen LogP) is 1.76. The Bertz CT molecular complexity index is 441. The van der Waals surface area contributed by atoms with E-state index in [1.165, 1.54) is 19.2 Å². The molecule has 0 aromatic heterocycles. The second kappa shape index (κ2) is 7.79. The van der Waals surface area contributed by atoms with Gasteiger partial charge in [-0.3, -0.25) is 4.79 Å². The van der Waals surface area contributed by atoms with Crippen LogP contribution in [-0.2, 0) is 11.2 Å². The third kappa shape index (κ3) is 5.13. The van der Waals surface area contributed by atoms with Crippen molar-refractivity contribution in [2.75, 3.05) is 13.7 Å². The van der Waals surface area contributed by atoms with Crippen LogP contribution in [-0.4, -0.2) is 25.6 Å². The highest BCUT2D eigenvalue weighted by Crippen LogP contribution is 2.24. The first-order valence-electron chi connectivity index (χ1n) is 6.51. The molecule has 0 aliphatic carbocycles. The molecule has 4 nitrogen and oxygen atoms in total. The van der Waals surface area contributed by atoms with Crippen molar-refractivity contribution in [1.82, 2.24) is 5.32 Å². The Balaban J connectivity index is 2.60. The van der Waals surface area contributed by atoms with Crippen LogP contribution in [0.4, 0.5) is 8.78 Å². The molecule has 1 unspecified atom stereocenters. The van der Waals surface area contributed by atoms with Crippen LogP contribution in [0.2, 0.25) is 0 Å². The quantitative estimate of drug-likeness (QED) is 0.751. The Morgan fingerprint density at radius 1 is 1.40 bits per heavy atom. The highest BCUT2D eigenvalue weighted by Gasteiger charge is 2.13. The van der Waals surface area contributed by atoms with Gasteiger partial charge in [0, 0.05) is 19.5 Å². The van der Waals surface area contributed by atoms with Gasteiger partial charge in [0.25, 0.3) is 0 Å². The molecule has 1 aromatic carbocycles. The molecule has 1 aromatic rings. The van der Waals surface area contributed by atoms with Crippen LogP contribution in [0.1, 0.15) is 25.3 Å². The van der Waals surface area contributed by atoms with E-state index in [2.05, 4.69) is 5.32 Å². The molecule has 3 N–H and O–H groups in total. The molecule has 0 spiro atoms. The maximum atomic E-state index is 13.7. The number of carbonyl (C=O) groups is 1. The fourth-order valence-electron chi connectivity index (χ4n) is 1.77. The highest BCUT2D eigenvalue weighted by atomic mass is 19.1. The third-order valence-corrected chi connectivity index (χ3v) is 2.69. The highest BCUT2D eigenvalue weighted by molar-refractivity contribution is 5.75. The molecule has 0 radical (unpaired) electrons. The molecule has 112 valence electrons. The van der Waals surface area contributed by atoms with Crippen molar-refractivity contribution in [3.05, 3.63) is 29.3 Å². The summed E-state index contributed by atoms with van der Waals surface area (Å²) in [6.45, 7) is 1.84. The second-order valence-electron chi connectivity index (χ2n) is 4.70. The first-order chi connectivity index (χ1) is 9.43. The standard InChI is InChI=1S/C14H20F2N2O2/c1-9(17)6-10-7-11(15)14(12(16)8-10)20-5-3-4-13(19)18-2/h7-9H,3-6,17H2,1-2H3,(H,18,19). The average Bonchev–Trinajstić information content (AvgIpc) is 2.35. The second-order valence-corrected chi connectivity index (χ2v) is 4.70. The smallest absolute Gasteiger partial charge is 0.219 e. The summed E-state index contributed by atoms with van der Waals surface area (Å²) in [4.78, 5) is 11.0. The molecule has 20 heavy (non-hydrogen) atoms. The largest absolute Gasteiger partial charge is 0.488 e. The van der Waals surface area contributed by atoms with Gasteiger partial charge in [-0.15, -0.1) is 0 Å². The minimum Gasteiger partial charge on any atom is -0.488 e. The Kier molecular flexibility index (Phi) is 6.38. The summed E-state index contributed by atoms with van der Waals surface area (Å²) in [7, 11) is 1.53. The normalized spacial score (nSPS) is 12.1. The van der Waals surface area contributed by atoms with Crippen LogP contribution in [0.3, 0.4) is 0 Å². The molecule has 0 saturated heterocycles. The van der Waals surface area contributed by atoms with Crippen LogP contribution < -0.4 is 15.8 Å². The van der Waals surface area contributed by atoms with E-state index in [0.29, 0.717) is 18.4 Å². The minimum atomic E-state index is -0.749. The van der Waals surface area contributed by atoms with Crippen molar-refractivity contribution in [2.45, 2.75) is 32.2 Å². The molecule has 1 atom stereocenters. The SMILES string of the molecule is CNC(=O)CCCOc1c(F)cc(CC(C)N)cc1F. The van der Waals surface area contributed by atoms with Gasteiger partial charge < -0.3 is 15.8 Å². The fourth-order valence-corrected chi connectivity index (χ4v) is 1.77. The van der Waals surface area contributed by atoms with E-state index in [0.717, 1.165) is 0 Å². The van der Waals surface area contributed by atoms with Crippen LogP contribution in [0.25, 0.3) is 0 Å². The van der Waals surface area contributed by atoms with Crippen LogP contribution in [0.15, 0.2) is 12.1 Å².